The molecular weight excluding hydrogens is 402 g/mol. The van der Waals surface area contributed by atoms with E-state index in [0.717, 1.165) is 35.3 Å². The van der Waals surface area contributed by atoms with Crippen LogP contribution in [0.1, 0.15) is 42.0 Å². The van der Waals surface area contributed by atoms with Gasteiger partial charge in [0.25, 0.3) is 0 Å². The molecule has 4 rings (SSSR count). The van der Waals surface area contributed by atoms with Gasteiger partial charge in [-0.25, -0.2) is 0 Å². The van der Waals surface area contributed by atoms with Crippen molar-refractivity contribution in [1.29, 1.82) is 0 Å². The molecule has 1 saturated heterocycles. The number of ether oxygens (including phenoxy) is 1. The van der Waals surface area contributed by atoms with Gasteiger partial charge in [0, 0.05) is 37.5 Å². The van der Waals surface area contributed by atoms with Crippen LogP contribution in [0.15, 0.2) is 79.1 Å². The summed E-state index contributed by atoms with van der Waals surface area (Å²) in [5, 5.41) is 3.01. The molecule has 1 unspecified atom stereocenters. The molecule has 6 heteroatoms. The Balaban J connectivity index is 1.38. The monoisotopic (exact) mass is 429 g/mol. The summed E-state index contributed by atoms with van der Waals surface area (Å²) in [6, 6.07) is 20.4. The number of hydrogen-bond acceptors (Lipinski definition) is 4. The number of piperidine rings is 1. The molecular formula is C26H27N3O3. The van der Waals surface area contributed by atoms with Crippen LogP contribution in [-0.2, 0) is 22.7 Å². The molecule has 6 nitrogen and oxygen atoms in total. The molecule has 1 aliphatic heterocycles. The van der Waals surface area contributed by atoms with E-state index in [9.17, 15) is 9.59 Å². The van der Waals surface area contributed by atoms with E-state index in [1.54, 1.807) is 17.3 Å². The van der Waals surface area contributed by atoms with E-state index < -0.39 is 6.04 Å². The van der Waals surface area contributed by atoms with E-state index >= 15 is 0 Å². The van der Waals surface area contributed by atoms with Crippen molar-refractivity contribution < 1.29 is 14.3 Å². The summed E-state index contributed by atoms with van der Waals surface area (Å²) in [6.07, 6.45) is 5.81. The molecule has 0 spiro atoms. The minimum atomic E-state index is -0.605. The minimum absolute atomic E-state index is 0.0374. The summed E-state index contributed by atoms with van der Waals surface area (Å²) in [7, 11) is 0. The Morgan fingerprint density at radius 3 is 2.53 bits per heavy atom. The van der Waals surface area contributed by atoms with E-state index in [1.165, 1.54) is 0 Å². The predicted molar refractivity (Wildman–Crippen MR) is 122 cm³/mol. The van der Waals surface area contributed by atoms with Gasteiger partial charge in [0.05, 0.1) is 0 Å². The van der Waals surface area contributed by atoms with Crippen LogP contribution in [-0.4, -0.2) is 28.2 Å². The van der Waals surface area contributed by atoms with Crippen LogP contribution in [0.3, 0.4) is 0 Å². The Morgan fingerprint density at radius 2 is 1.81 bits per heavy atom. The fourth-order valence-corrected chi connectivity index (χ4v) is 3.85. The number of carbonyl (C=O) groups excluding carboxylic acids is 2. The molecule has 0 bridgehead atoms. The second kappa shape index (κ2) is 10.6. The van der Waals surface area contributed by atoms with Crippen LogP contribution in [0.2, 0.25) is 0 Å². The molecule has 1 atom stereocenters. The van der Waals surface area contributed by atoms with Gasteiger partial charge in [-0.2, -0.15) is 0 Å². The summed E-state index contributed by atoms with van der Waals surface area (Å²) in [5.74, 6) is 0.628. The molecule has 0 radical (unpaired) electrons. The molecule has 32 heavy (non-hydrogen) atoms. The zero-order valence-corrected chi connectivity index (χ0v) is 17.9. The molecule has 0 aliphatic carbocycles. The standard InChI is InChI=1S/C26H27N3O3/c30-24-10-4-5-16-29(24)25(22-8-2-1-3-9-22)26(31)28-18-20-11-13-23(14-12-20)32-19-21-7-6-15-27-17-21/h1-3,6-9,11-15,17,25H,4-5,10,16,18-19H2,(H,28,31). The Labute approximate surface area is 188 Å². The number of hydrogen-bond donors (Lipinski definition) is 1. The average molecular weight is 430 g/mol. The summed E-state index contributed by atoms with van der Waals surface area (Å²) in [4.78, 5) is 31.5. The molecule has 1 aromatic heterocycles. The smallest absolute Gasteiger partial charge is 0.247 e. The van der Waals surface area contributed by atoms with Crippen LogP contribution in [0.4, 0.5) is 0 Å². The first-order chi connectivity index (χ1) is 15.7. The first-order valence-electron chi connectivity index (χ1n) is 10.9. The first kappa shape index (κ1) is 21.6. The third-order valence-corrected chi connectivity index (χ3v) is 5.55. The summed E-state index contributed by atoms with van der Waals surface area (Å²) >= 11 is 0. The lowest BCUT2D eigenvalue weighted by Crippen LogP contribution is -2.45. The van der Waals surface area contributed by atoms with Crippen LogP contribution in [0.5, 0.6) is 5.75 Å². The zero-order valence-electron chi connectivity index (χ0n) is 17.9. The van der Waals surface area contributed by atoms with Gasteiger partial charge in [0.15, 0.2) is 0 Å². The highest BCUT2D eigenvalue weighted by Crippen LogP contribution is 2.26. The van der Waals surface area contributed by atoms with Crippen molar-refractivity contribution in [3.63, 3.8) is 0 Å². The molecule has 0 saturated carbocycles. The number of likely N-dealkylation sites (tertiary alicyclic amines) is 1. The molecule has 2 heterocycles. The van der Waals surface area contributed by atoms with E-state index in [2.05, 4.69) is 10.3 Å². The highest BCUT2D eigenvalue weighted by molar-refractivity contribution is 5.89. The van der Waals surface area contributed by atoms with Crippen LogP contribution in [0, 0.1) is 0 Å². The second-order valence-corrected chi connectivity index (χ2v) is 7.87. The largest absolute Gasteiger partial charge is 0.489 e. The maximum atomic E-state index is 13.2. The van der Waals surface area contributed by atoms with E-state index in [0.29, 0.717) is 26.1 Å². The van der Waals surface area contributed by atoms with E-state index in [4.69, 9.17) is 4.74 Å². The first-order valence-corrected chi connectivity index (χ1v) is 10.9. The normalized spacial score (nSPS) is 14.6. The van der Waals surface area contributed by atoms with Gasteiger partial charge in [-0.1, -0.05) is 48.5 Å². The number of carbonyl (C=O) groups is 2. The van der Waals surface area contributed by atoms with E-state index in [-0.39, 0.29) is 11.8 Å². The topological polar surface area (TPSA) is 71.5 Å². The van der Waals surface area contributed by atoms with Crippen LogP contribution in [0.25, 0.3) is 0 Å². The van der Waals surface area contributed by atoms with Crippen molar-refractivity contribution in [2.24, 2.45) is 0 Å². The molecule has 2 amide bonds. The van der Waals surface area contributed by atoms with Gasteiger partial charge < -0.3 is 15.0 Å². The second-order valence-electron chi connectivity index (χ2n) is 7.87. The number of nitrogens with one attached hydrogen (secondary N) is 1. The lowest BCUT2D eigenvalue weighted by Gasteiger charge is -2.34. The number of nitrogens with zero attached hydrogens (tertiary/aromatic N) is 2. The Kier molecular flexibility index (Phi) is 7.12. The molecule has 2 aromatic carbocycles. The molecule has 164 valence electrons. The average Bonchev–Trinajstić information content (AvgIpc) is 2.85. The van der Waals surface area contributed by atoms with Crippen molar-refractivity contribution in [2.75, 3.05) is 6.54 Å². The Hall–Kier alpha value is -3.67. The fourth-order valence-electron chi connectivity index (χ4n) is 3.85. The van der Waals surface area contributed by atoms with Crippen molar-refractivity contribution in [3.8, 4) is 5.75 Å². The summed E-state index contributed by atoms with van der Waals surface area (Å²) < 4.78 is 5.79. The number of benzene rings is 2. The molecule has 3 aromatic rings. The highest BCUT2D eigenvalue weighted by atomic mass is 16.5. The van der Waals surface area contributed by atoms with Gasteiger partial charge in [-0.15, -0.1) is 0 Å². The van der Waals surface area contributed by atoms with Gasteiger partial charge in [-0.05, 0) is 42.2 Å². The van der Waals surface area contributed by atoms with Gasteiger partial charge in [0.2, 0.25) is 11.8 Å². The van der Waals surface area contributed by atoms with E-state index in [1.807, 2.05) is 66.7 Å². The van der Waals surface area contributed by atoms with Crippen LogP contribution < -0.4 is 10.1 Å². The zero-order chi connectivity index (χ0) is 22.2. The quantitative estimate of drug-likeness (QED) is 0.587. The SMILES string of the molecule is O=C(NCc1ccc(OCc2cccnc2)cc1)C(c1ccccc1)N1CCCCC1=O. The number of rotatable bonds is 8. The summed E-state index contributed by atoms with van der Waals surface area (Å²) in [5.41, 5.74) is 2.80. The molecule has 1 fully saturated rings. The van der Waals surface area contributed by atoms with Crippen molar-refractivity contribution in [2.45, 2.75) is 38.5 Å². The van der Waals surface area contributed by atoms with Crippen molar-refractivity contribution in [3.05, 3.63) is 95.8 Å². The van der Waals surface area contributed by atoms with Crippen molar-refractivity contribution >= 4 is 11.8 Å². The lowest BCUT2D eigenvalue weighted by molar-refractivity contribution is -0.142. The lowest BCUT2D eigenvalue weighted by atomic mass is 10.0. The highest BCUT2D eigenvalue weighted by Gasteiger charge is 2.32. The fraction of sp³-hybridized carbons (Fsp3) is 0.269. The number of amides is 2. The maximum Gasteiger partial charge on any atom is 0.247 e. The maximum absolute atomic E-state index is 13.2. The third-order valence-electron chi connectivity index (χ3n) is 5.55. The Morgan fingerprint density at radius 1 is 1.00 bits per heavy atom. The Bertz CT molecular complexity index is 1020. The predicted octanol–water partition coefficient (Wildman–Crippen LogP) is 4.03. The van der Waals surface area contributed by atoms with Gasteiger partial charge in [0.1, 0.15) is 18.4 Å². The minimum Gasteiger partial charge on any atom is -0.489 e. The third kappa shape index (κ3) is 5.52. The number of aromatic nitrogens is 1. The number of pyridine rings is 1. The van der Waals surface area contributed by atoms with Crippen LogP contribution >= 0.6 is 0 Å². The summed E-state index contributed by atoms with van der Waals surface area (Å²) in [6.45, 7) is 1.44. The van der Waals surface area contributed by atoms with Gasteiger partial charge in [-0.3, -0.25) is 14.6 Å². The van der Waals surface area contributed by atoms with Crippen molar-refractivity contribution in [1.82, 2.24) is 15.2 Å². The van der Waals surface area contributed by atoms with Gasteiger partial charge >= 0.3 is 0 Å². The molecule has 1 N–H and O–H groups in total. The molecule has 1 aliphatic rings.